The summed E-state index contributed by atoms with van der Waals surface area (Å²) in [6.45, 7) is 1.94. The standard InChI is InChI=1S/C20H25ClFN3O5S/c1-5-25(31(27,28)24(2)3)11-10-23-20(26)14-12-15(21)19(13-16(14)22)30-18-9-7-6-8-17(18)29-4/h6-9,12-13H,5,10-11H2,1-4H3,(H,23,26). The third-order valence-electron chi connectivity index (χ3n) is 4.34. The van der Waals surface area contributed by atoms with Crippen molar-refractivity contribution in [3.05, 3.63) is 52.8 Å². The molecule has 2 aromatic rings. The fourth-order valence-corrected chi connectivity index (χ4v) is 3.97. The van der Waals surface area contributed by atoms with Crippen molar-refractivity contribution in [1.82, 2.24) is 13.9 Å². The molecule has 1 N–H and O–H groups in total. The average Bonchev–Trinajstić information content (AvgIpc) is 2.73. The Kier molecular flexibility index (Phi) is 8.63. The summed E-state index contributed by atoms with van der Waals surface area (Å²) in [6.07, 6.45) is 0. The maximum Gasteiger partial charge on any atom is 0.281 e. The van der Waals surface area contributed by atoms with Gasteiger partial charge < -0.3 is 14.8 Å². The topological polar surface area (TPSA) is 88.2 Å². The van der Waals surface area contributed by atoms with Crippen LogP contribution in [0.25, 0.3) is 0 Å². The van der Waals surface area contributed by atoms with Crippen LogP contribution in [0, 0.1) is 5.82 Å². The van der Waals surface area contributed by atoms with E-state index in [4.69, 9.17) is 21.1 Å². The Balaban J connectivity index is 2.10. The van der Waals surface area contributed by atoms with Crippen molar-refractivity contribution in [2.75, 3.05) is 40.8 Å². The Morgan fingerprint density at radius 2 is 1.81 bits per heavy atom. The zero-order chi connectivity index (χ0) is 23.2. The number of carbonyl (C=O) groups is 1. The number of carbonyl (C=O) groups excluding carboxylic acids is 1. The second-order valence-electron chi connectivity index (χ2n) is 6.55. The lowest BCUT2D eigenvalue weighted by Crippen LogP contribution is -2.43. The van der Waals surface area contributed by atoms with Gasteiger partial charge in [-0.3, -0.25) is 4.79 Å². The lowest BCUT2D eigenvalue weighted by molar-refractivity contribution is 0.0947. The maximum absolute atomic E-state index is 14.6. The van der Waals surface area contributed by atoms with Gasteiger partial charge in [0.15, 0.2) is 11.5 Å². The molecule has 0 atom stereocenters. The molecule has 1 amide bonds. The first kappa shape index (κ1) is 24.9. The van der Waals surface area contributed by atoms with Crippen LogP contribution in [-0.2, 0) is 10.2 Å². The van der Waals surface area contributed by atoms with Gasteiger partial charge in [0.25, 0.3) is 16.1 Å². The molecule has 0 heterocycles. The largest absolute Gasteiger partial charge is 0.493 e. The summed E-state index contributed by atoms with van der Waals surface area (Å²) < 4.78 is 52.0. The van der Waals surface area contributed by atoms with Gasteiger partial charge in [0.1, 0.15) is 11.6 Å². The number of hydrogen-bond acceptors (Lipinski definition) is 5. The summed E-state index contributed by atoms with van der Waals surface area (Å²) in [6, 6.07) is 8.96. The van der Waals surface area contributed by atoms with Crippen LogP contribution in [0.4, 0.5) is 4.39 Å². The molecule has 0 radical (unpaired) electrons. The number of ether oxygens (including phenoxy) is 2. The number of hydrogen-bond donors (Lipinski definition) is 1. The minimum Gasteiger partial charge on any atom is -0.493 e. The molecule has 0 aromatic heterocycles. The van der Waals surface area contributed by atoms with E-state index in [1.807, 2.05) is 0 Å². The second kappa shape index (κ2) is 10.8. The molecule has 0 aliphatic heterocycles. The molecule has 31 heavy (non-hydrogen) atoms. The second-order valence-corrected chi connectivity index (χ2v) is 9.10. The highest BCUT2D eigenvalue weighted by Gasteiger charge is 2.23. The number of nitrogens with zero attached hydrogens (tertiary/aromatic N) is 2. The minimum atomic E-state index is -3.61. The van der Waals surface area contributed by atoms with Gasteiger partial charge in [-0.1, -0.05) is 30.7 Å². The Morgan fingerprint density at radius 3 is 2.39 bits per heavy atom. The number of rotatable bonds is 10. The maximum atomic E-state index is 14.6. The summed E-state index contributed by atoms with van der Waals surface area (Å²) in [5.41, 5.74) is -0.282. The third-order valence-corrected chi connectivity index (χ3v) is 6.65. The van der Waals surface area contributed by atoms with Crippen LogP contribution in [0.5, 0.6) is 17.2 Å². The Morgan fingerprint density at radius 1 is 1.16 bits per heavy atom. The van der Waals surface area contributed by atoms with Crippen LogP contribution in [0.3, 0.4) is 0 Å². The molecule has 0 saturated carbocycles. The summed E-state index contributed by atoms with van der Waals surface area (Å²) in [5, 5.41) is 2.54. The molecule has 170 valence electrons. The van der Waals surface area contributed by atoms with Crippen molar-refractivity contribution >= 4 is 27.7 Å². The van der Waals surface area contributed by atoms with E-state index in [0.29, 0.717) is 11.5 Å². The van der Waals surface area contributed by atoms with E-state index in [-0.39, 0.29) is 36.0 Å². The lowest BCUT2D eigenvalue weighted by atomic mass is 10.2. The van der Waals surface area contributed by atoms with Gasteiger partial charge in [0.05, 0.1) is 17.7 Å². The van der Waals surface area contributed by atoms with E-state index in [9.17, 15) is 17.6 Å². The van der Waals surface area contributed by atoms with Crippen molar-refractivity contribution in [1.29, 1.82) is 0 Å². The lowest BCUT2D eigenvalue weighted by Gasteiger charge is -2.24. The zero-order valence-corrected chi connectivity index (χ0v) is 19.3. The summed E-state index contributed by atoms with van der Waals surface area (Å²) >= 11 is 6.19. The molecule has 0 unspecified atom stereocenters. The number of likely N-dealkylation sites (N-methyl/N-ethyl adjacent to an activating group) is 1. The first-order valence-corrected chi connectivity index (χ1v) is 11.1. The molecule has 0 aliphatic rings. The molecule has 2 aromatic carbocycles. The fourth-order valence-electron chi connectivity index (χ4n) is 2.66. The summed E-state index contributed by atoms with van der Waals surface area (Å²) in [5.74, 6) is -0.754. The Hall–Kier alpha value is -2.40. The number of amides is 1. The molecular weight excluding hydrogens is 449 g/mol. The summed E-state index contributed by atoms with van der Waals surface area (Å²) in [7, 11) is 0.698. The average molecular weight is 474 g/mol. The first-order valence-electron chi connectivity index (χ1n) is 9.37. The van der Waals surface area contributed by atoms with Crippen molar-refractivity contribution < 1.29 is 27.1 Å². The van der Waals surface area contributed by atoms with Crippen LogP contribution < -0.4 is 14.8 Å². The Labute approximate surface area is 186 Å². The van der Waals surface area contributed by atoms with Crippen LogP contribution in [0.15, 0.2) is 36.4 Å². The molecule has 0 saturated heterocycles. The molecule has 8 nitrogen and oxygen atoms in total. The van der Waals surface area contributed by atoms with Crippen LogP contribution >= 0.6 is 11.6 Å². The molecule has 2 rings (SSSR count). The van der Waals surface area contributed by atoms with Crippen molar-refractivity contribution in [2.24, 2.45) is 0 Å². The molecule has 0 fully saturated rings. The number of methoxy groups -OCH3 is 1. The van der Waals surface area contributed by atoms with Gasteiger partial charge in [-0.15, -0.1) is 0 Å². The zero-order valence-electron chi connectivity index (χ0n) is 17.7. The fraction of sp³-hybridized carbons (Fsp3) is 0.350. The number of benzene rings is 2. The van der Waals surface area contributed by atoms with Gasteiger partial charge in [0.2, 0.25) is 0 Å². The van der Waals surface area contributed by atoms with E-state index in [1.165, 1.54) is 25.5 Å². The number of nitrogens with one attached hydrogen (secondary N) is 1. The van der Waals surface area contributed by atoms with Crippen LogP contribution in [0.2, 0.25) is 5.02 Å². The minimum absolute atomic E-state index is 0.00370. The van der Waals surface area contributed by atoms with E-state index in [1.54, 1.807) is 31.2 Å². The monoisotopic (exact) mass is 473 g/mol. The van der Waals surface area contributed by atoms with Crippen LogP contribution in [0.1, 0.15) is 17.3 Å². The van der Waals surface area contributed by atoms with E-state index >= 15 is 0 Å². The van der Waals surface area contributed by atoms with Gasteiger partial charge in [-0.25, -0.2) is 4.39 Å². The van der Waals surface area contributed by atoms with Gasteiger partial charge in [-0.05, 0) is 18.2 Å². The highest BCUT2D eigenvalue weighted by atomic mass is 35.5. The first-order chi connectivity index (χ1) is 14.6. The van der Waals surface area contributed by atoms with Crippen molar-refractivity contribution in [3.8, 4) is 17.2 Å². The normalized spacial score (nSPS) is 11.6. The van der Waals surface area contributed by atoms with Gasteiger partial charge in [-0.2, -0.15) is 17.0 Å². The predicted octanol–water partition coefficient (Wildman–Crippen LogP) is 3.14. The highest BCUT2D eigenvalue weighted by molar-refractivity contribution is 7.86. The van der Waals surface area contributed by atoms with Gasteiger partial charge in [0, 0.05) is 39.8 Å². The van der Waals surface area contributed by atoms with E-state index in [0.717, 1.165) is 16.4 Å². The molecular formula is C20H25ClFN3O5S. The van der Waals surface area contributed by atoms with Crippen molar-refractivity contribution in [3.63, 3.8) is 0 Å². The van der Waals surface area contributed by atoms with Crippen molar-refractivity contribution in [2.45, 2.75) is 6.92 Å². The Bertz CT molecular complexity index is 1030. The number of halogens is 2. The number of para-hydroxylation sites is 2. The highest BCUT2D eigenvalue weighted by Crippen LogP contribution is 2.36. The molecule has 0 bridgehead atoms. The molecule has 0 spiro atoms. The third kappa shape index (κ3) is 6.07. The van der Waals surface area contributed by atoms with Crippen LogP contribution in [-0.4, -0.2) is 63.8 Å². The molecule has 11 heteroatoms. The summed E-state index contributed by atoms with van der Waals surface area (Å²) in [4.78, 5) is 12.4. The van der Waals surface area contributed by atoms with E-state index in [2.05, 4.69) is 5.32 Å². The smallest absolute Gasteiger partial charge is 0.281 e. The predicted molar refractivity (Wildman–Crippen MR) is 117 cm³/mol. The molecule has 0 aliphatic carbocycles. The SMILES string of the molecule is CCN(CCNC(=O)c1cc(Cl)c(Oc2ccccc2OC)cc1F)S(=O)(=O)N(C)C. The van der Waals surface area contributed by atoms with E-state index < -0.39 is 21.9 Å². The quantitative estimate of drug-likeness (QED) is 0.572. The van der Waals surface area contributed by atoms with Gasteiger partial charge >= 0.3 is 0 Å².